The predicted octanol–water partition coefficient (Wildman–Crippen LogP) is 2.98. The summed E-state index contributed by atoms with van der Waals surface area (Å²) >= 11 is 0. The summed E-state index contributed by atoms with van der Waals surface area (Å²) in [4.78, 5) is 12.4. The summed E-state index contributed by atoms with van der Waals surface area (Å²) in [6.45, 7) is 5.26. The molecule has 0 aliphatic rings. The lowest BCUT2D eigenvalue weighted by atomic mass is 10.0. The van der Waals surface area contributed by atoms with Crippen molar-refractivity contribution >= 4 is 11.4 Å². The van der Waals surface area contributed by atoms with Crippen molar-refractivity contribution in [1.29, 1.82) is 0 Å². The van der Waals surface area contributed by atoms with Crippen LogP contribution in [0.15, 0.2) is 24.3 Å². The number of hydrogen-bond acceptors (Lipinski definition) is 4. The van der Waals surface area contributed by atoms with Crippen molar-refractivity contribution in [2.24, 2.45) is 5.92 Å². The Balaban J connectivity index is 2.56. The number of nitro benzene ring substituents is 1. The van der Waals surface area contributed by atoms with Gasteiger partial charge in [0.05, 0.1) is 4.92 Å². The van der Waals surface area contributed by atoms with Crippen LogP contribution in [0.25, 0.3) is 0 Å². The van der Waals surface area contributed by atoms with Crippen LogP contribution in [0.5, 0.6) is 0 Å². The smallest absolute Gasteiger partial charge is 0.269 e. The molecule has 0 heterocycles. The van der Waals surface area contributed by atoms with E-state index < -0.39 is 0 Å². The van der Waals surface area contributed by atoms with Gasteiger partial charge in [0.1, 0.15) is 0 Å². The van der Waals surface area contributed by atoms with Crippen LogP contribution in [0, 0.1) is 16.0 Å². The molecule has 0 aliphatic heterocycles. The first-order valence-corrected chi connectivity index (χ1v) is 6.55. The molecule has 1 aromatic carbocycles. The molecular weight excluding hydrogens is 242 g/mol. The maximum Gasteiger partial charge on any atom is 0.269 e. The molecule has 19 heavy (non-hydrogen) atoms. The first-order valence-electron chi connectivity index (χ1n) is 6.55. The van der Waals surface area contributed by atoms with E-state index in [0.717, 1.165) is 18.7 Å². The second kappa shape index (κ2) is 7.09. The maximum absolute atomic E-state index is 10.6. The van der Waals surface area contributed by atoms with E-state index in [9.17, 15) is 10.1 Å². The molecule has 0 aromatic heterocycles. The quantitative estimate of drug-likeness (QED) is 0.608. The van der Waals surface area contributed by atoms with Crippen LogP contribution in [0.1, 0.15) is 20.3 Å². The molecule has 0 amide bonds. The molecule has 0 unspecified atom stereocenters. The van der Waals surface area contributed by atoms with E-state index in [-0.39, 0.29) is 10.6 Å². The van der Waals surface area contributed by atoms with Gasteiger partial charge in [-0.05, 0) is 38.6 Å². The van der Waals surface area contributed by atoms with Crippen LogP contribution in [-0.4, -0.2) is 36.5 Å². The van der Waals surface area contributed by atoms with E-state index in [0.29, 0.717) is 12.0 Å². The third-order valence-corrected chi connectivity index (χ3v) is 3.09. The van der Waals surface area contributed by atoms with Gasteiger partial charge in [0.15, 0.2) is 0 Å². The SMILES string of the molecule is CC(C)C[C@@H](CNc1ccc([N+](=O)[O-])cc1)N(C)C. The van der Waals surface area contributed by atoms with Crippen LogP contribution in [0.4, 0.5) is 11.4 Å². The number of anilines is 1. The lowest BCUT2D eigenvalue weighted by molar-refractivity contribution is -0.384. The number of benzene rings is 1. The Morgan fingerprint density at radius 1 is 1.26 bits per heavy atom. The highest BCUT2D eigenvalue weighted by molar-refractivity contribution is 5.48. The molecule has 1 rings (SSSR count). The fourth-order valence-corrected chi connectivity index (χ4v) is 1.96. The molecule has 0 fully saturated rings. The molecule has 0 bridgehead atoms. The summed E-state index contributed by atoms with van der Waals surface area (Å²) in [6.07, 6.45) is 1.12. The van der Waals surface area contributed by atoms with Gasteiger partial charge in [0, 0.05) is 30.4 Å². The van der Waals surface area contributed by atoms with Gasteiger partial charge >= 0.3 is 0 Å². The Bertz CT molecular complexity index is 402. The highest BCUT2D eigenvalue weighted by Crippen LogP contribution is 2.16. The first-order chi connectivity index (χ1) is 8.90. The van der Waals surface area contributed by atoms with Gasteiger partial charge in [-0.25, -0.2) is 0 Å². The van der Waals surface area contributed by atoms with Gasteiger partial charge in [-0.1, -0.05) is 13.8 Å². The third-order valence-electron chi connectivity index (χ3n) is 3.09. The Morgan fingerprint density at radius 2 is 1.84 bits per heavy atom. The molecule has 0 radical (unpaired) electrons. The van der Waals surface area contributed by atoms with Crippen molar-refractivity contribution in [2.75, 3.05) is 26.0 Å². The highest BCUT2D eigenvalue weighted by atomic mass is 16.6. The van der Waals surface area contributed by atoms with Crippen LogP contribution < -0.4 is 5.32 Å². The van der Waals surface area contributed by atoms with Crippen LogP contribution in [0.3, 0.4) is 0 Å². The normalized spacial score (nSPS) is 12.7. The zero-order valence-corrected chi connectivity index (χ0v) is 12.1. The number of non-ortho nitro benzene ring substituents is 1. The molecule has 1 aromatic rings. The number of hydrogen-bond donors (Lipinski definition) is 1. The molecule has 1 N–H and O–H groups in total. The second-order valence-electron chi connectivity index (χ2n) is 5.43. The van der Waals surface area contributed by atoms with E-state index >= 15 is 0 Å². The zero-order chi connectivity index (χ0) is 14.4. The fraction of sp³-hybridized carbons (Fsp3) is 0.571. The third kappa shape index (κ3) is 5.26. The van der Waals surface area contributed by atoms with Crippen molar-refractivity contribution in [3.63, 3.8) is 0 Å². The van der Waals surface area contributed by atoms with E-state index in [2.05, 4.69) is 38.2 Å². The number of nitrogens with one attached hydrogen (secondary N) is 1. The predicted molar refractivity (Wildman–Crippen MR) is 78.5 cm³/mol. The summed E-state index contributed by atoms with van der Waals surface area (Å²) in [5, 5.41) is 13.9. The van der Waals surface area contributed by atoms with E-state index in [1.165, 1.54) is 12.1 Å². The zero-order valence-electron chi connectivity index (χ0n) is 12.1. The largest absolute Gasteiger partial charge is 0.383 e. The molecular formula is C14H23N3O2. The average Bonchev–Trinajstić information content (AvgIpc) is 2.34. The monoisotopic (exact) mass is 265 g/mol. The maximum atomic E-state index is 10.6. The topological polar surface area (TPSA) is 58.4 Å². The summed E-state index contributed by atoms with van der Waals surface area (Å²) in [5.41, 5.74) is 1.04. The van der Waals surface area contributed by atoms with Gasteiger partial charge in [-0.15, -0.1) is 0 Å². The van der Waals surface area contributed by atoms with Gasteiger partial charge in [-0.3, -0.25) is 10.1 Å². The van der Waals surface area contributed by atoms with Crippen molar-refractivity contribution < 1.29 is 4.92 Å². The summed E-state index contributed by atoms with van der Waals surface area (Å²) < 4.78 is 0. The molecule has 0 saturated heterocycles. The van der Waals surface area contributed by atoms with E-state index in [1.807, 2.05) is 0 Å². The molecule has 0 spiro atoms. The summed E-state index contributed by atoms with van der Waals surface area (Å²) in [7, 11) is 4.15. The minimum Gasteiger partial charge on any atom is -0.383 e. The lowest BCUT2D eigenvalue weighted by Gasteiger charge is -2.26. The van der Waals surface area contributed by atoms with Gasteiger partial charge < -0.3 is 10.2 Å². The second-order valence-corrected chi connectivity index (χ2v) is 5.43. The number of rotatable bonds is 7. The highest BCUT2D eigenvalue weighted by Gasteiger charge is 2.13. The van der Waals surface area contributed by atoms with Crippen LogP contribution in [-0.2, 0) is 0 Å². The van der Waals surface area contributed by atoms with Crippen molar-refractivity contribution in [3.8, 4) is 0 Å². The van der Waals surface area contributed by atoms with E-state index in [4.69, 9.17) is 0 Å². The fourth-order valence-electron chi connectivity index (χ4n) is 1.96. The summed E-state index contributed by atoms with van der Waals surface area (Å²) in [6, 6.07) is 7.00. The van der Waals surface area contributed by atoms with Crippen molar-refractivity contribution in [2.45, 2.75) is 26.3 Å². The molecule has 0 aliphatic carbocycles. The average molecular weight is 265 g/mol. The summed E-state index contributed by atoms with van der Waals surface area (Å²) in [5.74, 6) is 0.645. The first kappa shape index (κ1) is 15.4. The molecule has 0 saturated carbocycles. The molecule has 5 nitrogen and oxygen atoms in total. The molecule has 106 valence electrons. The van der Waals surface area contributed by atoms with Crippen LogP contribution in [0.2, 0.25) is 0 Å². The Hall–Kier alpha value is -1.62. The number of likely N-dealkylation sites (N-methyl/N-ethyl adjacent to an activating group) is 1. The van der Waals surface area contributed by atoms with Gasteiger partial charge in [0.25, 0.3) is 5.69 Å². The molecule has 1 atom stereocenters. The van der Waals surface area contributed by atoms with Crippen LogP contribution >= 0.6 is 0 Å². The number of nitrogens with zero attached hydrogens (tertiary/aromatic N) is 2. The Morgan fingerprint density at radius 3 is 2.26 bits per heavy atom. The minimum absolute atomic E-state index is 0.122. The lowest BCUT2D eigenvalue weighted by Crippen LogP contribution is -2.35. The Labute approximate surface area is 114 Å². The van der Waals surface area contributed by atoms with Crippen molar-refractivity contribution in [3.05, 3.63) is 34.4 Å². The van der Waals surface area contributed by atoms with Crippen molar-refractivity contribution in [1.82, 2.24) is 4.90 Å². The van der Waals surface area contributed by atoms with Gasteiger partial charge in [-0.2, -0.15) is 0 Å². The Kier molecular flexibility index (Phi) is 5.76. The minimum atomic E-state index is -0.384. The standard InChI is InChI=1S/C14H23N3O2/c1-11(2)9-14(16(3)4)10-15-12-5-7-13(8-6-12)17(18)19/h5-8,11,14-15H,9-10H2,1-4H3/t14-/m0/s1. The number of nitro groups is 1. The van der Waals surface area contributed by atoms with E-state index in [1.54, 1.807) is 12.1 Å². The van der Waals surface area contributed by atoms with Gasteiger partial charge in [0.2, 0.25) is 0 Å². The molecule has 5 heteroatoms.